The Morgan fingerprint density at radius 1 is 1.50 bits per heavy atom. The Labute approximate surface area is 106 Å². The van der Waals surface area contributed by atoms with Crippen molar-refractivity contribution in [1.82, 2.24) is 10.2 Å². The maximum Gasteiger partial charge on any atom is 0.00965 e. The molecule has 3 atom stereocenters. The minimum Gasteiger partial charge on any atom is -0.311 e. The van der Waals surface area contributed by atoms with Gasteiger partial charge in [0.25, 0.3) is 0 Å². The van der Waals surface area contributed by atoms with Crippen LogP contribution in [0.2, 0.25) is 0 Å². The lowest BCUT2D eigenvalue weighted by Gasteiger charge is -2.38. The molecule has 0 radical (unpaired) electrons. The Morgan fingerprint density at radius 3 is 2.81 bits per heavy atom. The molecule has 0 amide bonds. The molecule has 1 saturated heterocycles. The molecule has 3 heteroatoms. The predicted octanol–water partition coefficient (Wildman–Crippen LogP) is 2.59. The number of thioether (sulfide) groups is 1. The zero-order valence-corrected chi connectivity index (χ0v) is 12.1. The lowest BCUT2D eigenvalue weighted by atomic mass is 9.97. The second-order valence-electron chi connectivity index (χ2n) is 5.05. The molecule has 1 rings (SSSR count). The molecule has 0 saturated carbocycles. The third-order valence-electron chi connectivity index (χ3n) is 3.70. The molecule has 2 nitrogen and oxygen atoms in total. The number of piperidine rings is 1. The highest BCUT2D eigenvalue weighted by Crippen LogP contribution is 2.17. The Morgan fingerprint density at radius 2 is 2.25 bits per heavy atom. The minimum atomic E-state index is 0.679. The van der Waals surface area contributed by atoms with Crippen LogP contribution in [-0.2, 0) is 0 Å². The lowest BCUT2D eigenvalue weighted by Crippen LogP contribution is -2.49. The first-order valence-electron chi connectivity index (χ1n) is 6.66. The fraction of sp³-hybridized carbons (Fsp3) is 1.00. The van der Waals surface area contributed by atoms with E-state index in [0.717, 1.165) is 12.1 Å². The zero-order valence-electron chi connectivity index (χ0n) is 11.3. The monoisotopic (exact) mass is 244 g/mol. The van der Waals surface area contributed by atoms with Crippen molar-refractivity contribution in [3.05, 3.63) is 0 Å². The van der Waals surface area contributed by atoms with E-state index in [9.17, 15) is 0 Å². The van der Waals surface area contributed by atoms with Gasteiger partial charge < -0.3 is 10.2 Å². The van der Waals surface area contributed by atoms with Crippen molar-refractivity contribution < 1.29 is 0 Å². The van der Waals surface area contributed by atoms with Crippen molar-refractivity contribution in [2.75, 3.05) is 25.1 Å². The quantitative estimate of drug-likeness (QED) is 0.773. The summed E-state index contributed by atoms with van der Waals surface area (Å²) in [5.74, 6) is 1.28. The van der Waals surface area contributed by atoms with Crippen LogP contribution < -0.4 is 5.32 Å². The van der Waals surface area contributed by atoms with E-state index in [1.165, 1.54) is 38.1 Å². The number of nitrogens with one attached hydrogen (secondary N) is 1. The largest absolute Gasteiger partial charge is 0.311 e. The zero-order chi connectivity index (χ0) is 12.0. The van der Waals surface area contributed by atoms with Gasteiger partial charge in [-0.25, -0.2) is 0 Å². The number of hydrogen-bond acceptors (Lipinski definition) is 3. The number of nitrogens with zero attached hydrogens (tertiary/aromatic N) is 1. The van der Waals surface area contributed by atoms with E-state index in [1.54, 1.807) is 0 Å². The molecular formula is C13H28N2S. The van der Waals surface area contributed by atoms with Gasteiger partial charge in [0.2, 0.25) is 0 Å². The summed E-state index contributed by atoms with van der Waals surface area (Å²) in [6, 6.07) is 2.18. The second-order valence-corrected chi connectivity index (χ2v) is 6.03. The molecule has 1 fully saturated rings. The normalized spacial score (nSPS) is 29.2. The van der Waals surface area contributed by atoms with Crippen LogP contribution in [0, 0.1) is 0 Å². The molecular weight excluding hydrogens is 216 g/mol. The molecule has 0 aromatic rings. The fourth-order valence-corrected chi connectivity index (χ4v) is 3.21. The molecule has 0 aliphatic carbocycles. The van der Waals surface area contributed by atoms with Crippen molar-refractivity contribution in [1.29, 1.82) is 0 Å². The van der Waals surface area contributed by atoms with Crippen LogP contribution in [0.3, 0.4) is 0 Å². The van der Waals surface area contributed by atoms with E-state index in [2.05, 4.69) is 37.2 Å². The number of rotatable bonds is 6. The van der Waals surface area contributed by atoms with Gasteiger partial charge in [-0.1, -0.05) is 6.92 Å². The second kappa shape index (κ2) is 7.57. The van der Waals surface area contributed by atoms with Gasteiger partial charge in [0.15, 0.2) is 0 Å². The molecule has 1 N–H and O–H groups in total. The van der Waals surface area contributed by atoms with Gasteiger partial charge in [-0.15, -0.1) is 0 Å². The molecule has 1 heterocycles. The van der Waals surface area contributed by atoms with Crippen molar-refractivity contribution in [3.63, 3.8) is 0 Å². The maximum atomic E-state index is 3.79. The van der Waals surface area contributed by atoms with E-state index in [4.69, 9.17) is 0 Å². The topological polar surface area (TPSA) is 15.3 Å². The van der Waals surface area contributed by atoms with Crippen LogP contribution in [0.25, 0.3) is 0 Å². The lowest BCUT2D eigenvalue weighted by molar-refractivity contribution is 0.139. The summed E-state index contributed by atoms with van der Waals surface area (Å²) in [6.07, 6.45) is 6.12. The van der Waals surface area contributed by atoms with Crippen molar-refractivity contribution in [3.8, 4) is 0 Å². The Bertz CT molecular complexity index is 187. The van der Waals surface area contributed by atoms with Gasteiger partial charge in [-0.05, 0) is 58.2 Å². The maximum absolute atomic E-state index is 3.79. The molecule has 1 aliphatic rings. The van der Waals surface area contributed by atoms with Crippen LogP contribution in [0.4, 0.5) is 0 Å². The van der Waals surface area contributed by atoms with Gasteiger partial charge in [0, 0.05) is 18.1 Å². The minimum absolute atomic E-state index is 0.679. The number of hydrogen-bond donors (Lipinski definition) is 1. The van der Waals surface area contributed by atoms with Gasteiger partial charge >= 0.3 is 0 Å². The summed E-state index contributed by atoms with van der Waals surface area (Å²) < 4.78 is 0. The first kappa shape index (κ1) is 14.3. The summed E-state index contributed by atoms with van der Waals surface area (Å²) >= 11 is 1.95. The van der Waals surface area contributed by atoms with Crippen molar-refractivity contribution in [2.45, 2.75) is 58.2 Å². The van der Waals surface area contributed by atoms with Gasteiger partial charge in [-0.3, -0.25) is 0 Å². The summed E-state index contributed by atoms with van der Waals surface area (Å²) in [5.41, 5.74) is 0. The van der Waals surface area contributed by atoms with Crippen molar-refractivity contribution >= 4 is 11.8 Å². The molecule has 0 bridgehead atoms. The average molecular weight is 244 g/mol. The van der Waals surface area contributed by atoms with Crippen LogP contribution in [0.5, 0.6) is 0 Å². The highest BCUT2D eigenvalue weighted by atomic mass is 32.2. The Hall–Kier alpha value is 0.270. The standard InChI is InChI=1S/C13H28N2S/c1-5-15-8-6-13(10-12(15)3)14-11(2)7-9-16-4/h11-14H,5-10H2,1-4H3. The van der Waals surface area contributed by atoms with Gasteiger partial charge in [0.05, 0.1) is 0 Å². The van der Waals surface area contributed by atoms with Gasteiger partial charge in [-0.2, -0.15) is 11.8 Å². The summed E-state index contributed by atoms with van der Waals surface area (Å²) in [7, 11) is 0. The molecule has 0 aromatic heterocycles. The number of likely N-dealkylation sites (tertiary alicyclic amines) is 1. The summed E-state index contributed by atoms with van der Waals surface area (Å²) in [4.78, 5) is 2.59. The fourth-order valence-electron chi connectivity index (χ4n) is 2.62. The Kier molecular flexibility index (Phi) is 6.78. The van der Waals surface area contributed by atoms with E-state index < -0.39 is 0 Å². The van der Waals surface area contributed by atoms with Crippen LogP contribution in [-0.4, -0.2) is 48.1 Å². The average Bonchev–Trinajstić information content (AvgIpc) is 2.26. The molecule has 96 valence electrons. The molecule has 3 unspecified atom stereocenters. The van der Waals surface area contributed by atoms with E-state index in [1.807, 2.05) is 11.8 Å². The SMILES string of the molecule is CCN1CCC(NC(C)CCSC)CC1C. The molecule has 16 heavy (non-hydrogen) atoms. The summed E-state index contributed by atoms with van der Waals surface area (Å²) in [5, 5.41) is 3.79. The van der Waals surface area contributed by atoms with E-state index in [-0.39, 0.29) is 0 Å². The third-order valence-corrected chi connectivity index (χ3v) is 4.34. The molecule has 1 aliphatic heterocycles. The first-order chi connectivity index (χ1) is 7.67. The van der Waals surface area contributed by atoms with Crippen LogP contribution in [0.1, 0.15) is 40.0 Å². The highest BCUT2D eigenvalue weighted by Gasteiger charge is 2.24. The third kappa shape index (κ3) is 4.64. The van der Waals surface area contributed by atoms with Crippen molar-refractivity contribution in [2.24, 2.45) is 0 Å². The van der Waals surface area contributed by atoms with E-state index in [0.29, 0.717) is 6.04 Å². The van der Waals surface area contributed by atoms with Crippen LogP contribution in [0.15, 0.2) is 0 Å². The van der Waals surface area contributed by atoms with Crippen LogP contribution >= 0.6 is 11.8 Å². The van der Waals surface area contributed by atoms with E-state index >= 15 is 0 Å². The summed E-state index contributed by atoms with van der Waals surface area (Å²) in [6.45, 7) is 9.43. The molecule has 0 aromatic carbocycles. The van der Waals surface area contributed by atoms with Gasteiger partial charge in [0.1, 0.15) is 0 Å². The predicted molar refractivity (Wildman–Crippen MR) is 75.3 cm³/mol. The molecule has 0 spiro atoms. The highest BCUT2D eigenvalue weighted by molar-refractivity contribution is 7.98. The smallest absolute Gasteiger partial charge is 0.00965 e. The Balaban J connectivity index is 2.24. The first-order valence-corrected chi connectivity index (χ1v) is 8.05.